The van der Waals surface area contributed by atoms with Crippen molar-refractivity contribution in [2.45, 2.75) is 65.0 Å². The van der Waals surface area contributed by atoms with Gasteiger partial charge in [-0.3, -0.25) is 13.9 Å². The van der Waals surface area contributed by atoms with E-state index in [0.717, 1.165) is 54.3 Å². The lowest BCUT2D eigenvalue weighted by molar-refractivity contribution is 0.354. The van der Waals surface area contributed by atoms with Crippen LogP contribution in [0.1, 0.15) is 48.6 Å². The number of aromatic nitrogens is 2. The number of aryl methyl sites for hydroxylation is 4. The van der Waals surface area contributed by atoms with E-state index >= 15 is 0 Å². The molecule has 1 aliphatic rings. The maximum atomic E-state index is 13.5. The van der Waals surface area contributed by atoms with Gasteiger partial charge in [0.05, 0.1) is 19.6 Å². The van der Waals surface area contributed by atoms with Crippen LogP contribution < -0.4 is 20.7 Å². The Labute approximate surface area is 186 Å². The summed E-state index contributed by atoms with van der Waals surface area (Å²) in [5, 5.41) is 0.780. The molecule has 0 N–H and O–H groups in total. The molecule has 2 aromatic heterocycles. The number of rotatable bonds is 8. The fraction of sp³-hybridized carbons (Fsp3) is 0.500. The molecule has 0 spiro atoms. The molecule has 0 saturated heterocycles. The Bertz CT molecular complexity index is 1200. The summed E-state index contributed by atoms with van der Waals surface area (Å²) in [6.45, 7) is 3.12. The normalized spacial score (nSPS) is 13.4. The molecule has 166 valence electrons. The number of nitrogens with zero attached hydrogens (tertiary/aromatic N) is 2. The van der Waals surface area contributed by atoms with Gasteiger partial charge in [-0.1, -0.05) is 19.4 Å². The Hall–Kier alpha value is -2.54. The molecule has 0 fully saturated rings. The number of ether oxygens (including phenoxy) is 2. The van der Waals surface area contributed by atoms with Gasteiger partial charge in [-0.2, -0.15) is 0 Å². The number of fused-ring (bicyclic) bond motifs is 3. The van der Waals surface area contributed by atoms with Gasteiger partial charge in [0.1, 0.15) is 4.83 Å². The molecule has 1 aliphatic carbocycles. The van der Waals surface area contributed by atoms with Gasteiger partial charge in [-0.05, 0) is 61.8 Å². The van der Waals surface area contributed by atoms with E-state index in [0.29, 0.717) is 31.0 Å². The molecule has 0 saturated carbocycles. The second kappa shape index (κ2) is 9.30. The summed E-state index contributed by atoms with van der Waals surface area (Å²) < 4.78 is 14.0. The molecule has 0 aliphatic heterocycles. The van der Waals surface area contributed by atoms with Crippen LogP contribution in [0.2, 0.25) is 0 Å². The van der Waals surface area contributed by atoms with Gasteiger partial charge in [-0.15, -0.1) is 11.3 Å². The summed E-state index contributed by atoms with van der Waals surface area (Å²) in [6, 6.07) is 5.71. The fourth-order valence-corrected chi connectivity index (χ4v) is 5.80. The van der Waals surface area contributed by atoms with E-state index in [-0.39, 0.29) is 11.2 Å². The quantitative estimate of drug-likeness (QED) is 0.525. The highest BCUT2D eigenvalue weighted by atomic mass is 32.1. The van der Waals surface area contributed by atoms with Crippen molar-refractivity contribution in [1.29, 1.82) is 0 Å². The Morgan fingerprint density at radius 1 is 1.00 bits per heavy atom. The van der Waals surface area contributed by atoms with Crippen LogP contribution >= 0.6 is 11.3 Å². The Kier molecular flexibility index (Phi) is 6.51. The monoisotopic (exact) mass is 442 g/mol. The third-order valence-corrected chi connectivity index (χ3v) is 7.44. The first-order valence-corrected chi connectivity index (χ1v) is 11.9. The molecule has 0 amide bonds. The number of hydrogen-bond acceptors (Lipinski definition) is 5. The molecule has 4 rings (SSSR count). The molecule has 7 heteroatoms. The summed E-state index contributed by atoms with van der Waals surface area (Å²) in [7, 11) is 3.21. The summed E-state index contributed by atoms with van der Waals surface area (Å²) in [4.78, 5) is 29.0. The first kappa shape index (κ1) is 21.7. The molecular formula is C24H30N2O4S. The highest BCUT2D eigenvalue weighted by molar-refractivity contribution is 7.18. The third kappa shape index (κ3) is 4.03. The number of hydrogen-bond donors (Lipinski definition) is 0. The fourth-order valence-electron chi connectivity index (χ4n) is 4.40. The van der Waals surface area contributed by atoms with E-state index in [4.69, 9.17) is 9.47 Å². The molecule has 2 heterocycles. The van der Waals surface area contributed by atoms with Gasteiger partial charge < -0.3 is 9.47 Å². The summed E-state index contributed by atoms with van der Waals surface area (Å²) in [5.74, 6) is 1.31. The van der Waals surface area contributed by atoms with Crippen LogP contribution in [0.25, 0.3) is 10.2 Å². The van der Waals surface area contributed by atoms with E-state index in [1.807, 2.05) is 22.8 Å². The topological polar surface area (TPSA) is 62.5 Å². The van der Waals surface area contributed by atoms with Crippen molar-refractivity contribution >= 4 is 21.6 Å². The molecule has 6 nitrogen and oxygen atoms in total. The molecule has 0 unspecified atom stereocenters. The zero-order valence-corrected chi connectivity index (χ0v) is 19.3. The average Bonchev–Trinajstić information content (AvgIpc) is 3.18. The van der Waals surface area contributed by atoms with Gasteiger partial charge in [-0.25, -0.2) is 4.79 Å². The Balaban J connectivity index is 1.77. The minimum absolute atomic E-state index is 0.132. The SMILES string of the molecule is CCCCn1c(=O)n(CCc2ccc(OC)c(OC)c2)c(=O)c2c3c(sc21)CCCC3. The van der Waals surface area contributed by atoms with Crippen LogP contribution in [0.3, 0.4) is 0 Å². The first-order valence-electron chi connectivity index (χ1n) is 11.1. The van der Waals surface area contributed by atoms with E-state index in [9.17, 15) is 9.59 Å². The zero-order chi connectivity index (χ0) is 22.0. The molecule has 3 aromatic rings. The van der Waals surface area contributed by atoms with Crippen LogP contribution in [-0.2, 0) is 32.4 Å². The van der Waals surface area contributed by atoms with Crippen LogP contribution in [0.5, 0.6) is 11.5 Å². The summed E-state index contributed by atoms with van der Waals surface area (Å²) in [5.41, 5.74) is 1.86. The predicted molar refractivity (Wildman–Crippen MR) is 125 cm³/mol. The van der Waals surface area contributed by atoms with Crippen molar-refractivity contribution in [3.63, 3.8) is 0 Å². The summed E-state index contributed by atoms with van der Waals surface area (Å²) in [6.07, 6.45) is 6.72. The average molecular weight is 443 g/mol. The van der Waals surface area contributed by atoms with Crippen LogP contribution in [-0.4, -0.2) is 23.4 Å². The van der Waals surface area contributed by atoms with Crippen molar-refractivity contribution in [2.75, 3.05) is 14.2 Å². The largest absolute Gasteiger partial charge is 0.493 e. The Morgan fingerprint density at radius 2 is 1.77 bits per heavy atom. The van der Waals surface area contributed by atoms with Gasteiger partial charge in [0, 0.05) is 18.0 Å². The lowest BCUT2D eigenvalue weighted by Gasteiger charge is -2.14. The zero-order valence-electron chi connectivity index (χ0n) is 18.5. The molecule has 1 aromatic carbocycles. The van der Waals surface area contributed by atoms with Crippen molar-refractivity contribution in [3.05, 3.63) is 55.0 Å². The van der Waals surface area contributed by atoms with E-state index < -0.39 is 0 Å². The molecular weight excluding hydrogens is 412 g/mol. The van der Waals surface area contributed by atoms with Gasteiger partial charge >= 0.3 is 5.69 Å². The standard InChI is InChI=1S/C24H30N2O4S/c1-4-5-13-26-23-21(17-8-6-7-9-20(17)31-23)22(27)25(24(26)28)14-12-16-10-11-18(29-2)19(15-16)30-3/h10-11,15H,4-9,12-14H2,1-3H3. The van der Waals surface area contributed by atoms with Crippen molar-refractivity contribution in [2.24, 2.45) is 0 Å². The minimum atomic E-state index is -0.190. The lowest BCUT2D eigenvalue weighted by atomic mass is 9.97. The maximum Gasteiger partial charge on any atom is 0.332 e. The minimum Gasteiger partial charge on any atom is -0.493 e. The smallest absolute Gasteiger partial charge is 0.332 e. The van der Waals surface area contributed by atoms with Gasteiger partial charge in [0.25, 0.3) is 5.56 Å². The van der Waals surface area contributed by atoms with Crippen molar-refractivity contribution in [1.82, 2.24) is 9.13 Å². The number of thiophene rings is 1. The van der Waals surface area contributed by atoms with E-state index in [2.05, 4.69) is 6.92 Å². The second-order valence-electron chi connectivity index (χ2n) is 8.07. The lowest BCUT2D eigenvalue weighted by Crippen LogP contribution is -2.40. The van der Waals surface area contributed by atoms with E-state index in [1.165, 1.54) is 15.0 Å². The number of unbranched alkanes of at least 4 members (excludes halogenated alkanes) is 1. The van der Waals surface area contributed by atoms with E-state index in [1.54, 1.807) is 25.6 Å². The first-order chi connectivity index (χ1) is 15.1. The highest BCUT2D eigenvalue weighted by Crippen LogP contribution is 2.34. The van der Waals surface area contributed by atoms with Crippen LogP contribution in [0, 0.1) is 0 Å². The van der Waals surface area contributed by atoms with Gasteiger partial charge in [0.15, 0.2) is 11.5 Å². The Morgan fingerprint density at radius 3 is 2.52 bits per heavy atom. The van der Waals surface area contributed by atoms with Crippen LogP contribution in [0.4, 0.5) is 0 Å². The number of methoxy groups -OCH3 is 2. The second-order valence-corrected chi connectivity index (χ2v) is 9.16. The molecule has 0 bridgehead atoms. The number of benzene rings is 1. The molecule has 31 heavy (non-hydrogen) atoms. The third-order valence-electron chi connectivity index (χ3n) is 6.13. The van der Waals surface area contributed by atoms with Gasteiger partial charge in [0.2, 0.25) is 0 Å². The molecule has 0 radical (unpaired) electrons. The predicted octanol–water partition coefficient (Wildman–Crippen LogP) is 4.16. The molecule has 0 atom stereocenters. The van der Waals surface area contributed by atoms with Crippen LogP contribution in [0.15, 0.2) is 27.8 Å². The van der Waals surface area contributed by atoms with Crippen molar-refractivity contribution < 1.29 is 9.47 Å². The highest BCUT2D eigenvalue weighted by Gasteiger charge is 2.23. The van der Waals surface area contributed by atoms with Crippen molar-refractivity contribution in [3.8, 4) is 11.5 Å². The maximum absolute atomic E-state index is 13.5. The summed E-state index contributed by atoms with van der Waals surface area (Å²) >= 11 is 1.66.